The van der Waals surface area contributed by atoms with Crippen molar-refractivity contribution >= 4 is 0 Å². The first-order valence-corrected chi connectivity index (χ1v) is 6.55. The third-order valence-corrected chi connectivity index (χ3v) is 3.87. The van der Waals surface area contributed by atoms with Crippen LogP contribution in [0, 0.1) is 5.92 Å². The Morgan fingerprint density at radius 1 is 1.16 bits per heavy atom. The topological polar surface area (TPSA) is 46.2 Å². The molecule has 0 bridgehead atoms. The van der Waals surface area contributed by atoms with Gasteiger partial charge in [-0.05, 0) is 37.0 Å². The van der Waals surface area contributed by atoms with Gasteiger partial charge in [-0.1, -0.05) is 19.3 Å². The molecule has 106 valence electrons. The minimum absolute atomic E-state index is 0.147. The lowest BCUT2D eigenvalue weighted by Crippen LogP contribution is -2.24. The van der Waals surface area contributed by atoms with Gasteiger partial charge < -0.3 is 10.8 Å². The average molecular weight is 273 g/mol. The molecule has 1 aromatic rings. The van der Waals surface area contributed by atoms with E-state index in [1.807, 2.05) is 0 Å². The second kappa shape index (κ2) is 5.41. The van der Waals surface area contributed by atoms with Crippen LogP contribution in [0.2, 0.25) is 0 Å². The molecule has 0 unspecified atom stereocenters. The molecule has 0 saturated heterocycles. The van der Waals surface area contributed by atoms with Gasteiger partial charge in [0.2, 0.25) is 0 Å². The molecule has 5 heteroatoms. The molecule has 0 aliphatic heterocycles. The molecule has 0 heterocycles. The van der Waals surface area contributed by atoms with E-state index in [0.29, 0.717) is 0 Å². The van der Waals surface area contributed by atoms with E-state index in [0.717, 1.165) is 50.3 Å². The molecule has 19 heavy (non-hydrogen) atoms. The lowest BCUT2D eigenvalue weighted by Gasteiger charge is -2.28. The highest BCUT2D eigenvalue weighted by Crippen LogP contribution is 2.39. The predicted octanol–water partition coefficient (Wildman–Crippen LogP) is 3.99. The van der Waals surface area contributed by atoms with Gasteiger partial charge in [0.25, 0.3) is 0 Å². The Labute approximate surface area is 110 Å². The zero-order valence-electron chi connectivity index (χ0n) is 10.6. The van der Waals surface area contributed by atoms with Crippen molar-refractivity contribution in [2.24, 2.45) is 11.7 Å². The number of alkyl halides is 3. The summed E-state index contributed by atoms with van der Waals surface area (Å²) in [6.07, 6.45) is 0.677. The monoisotopic (exact) mass is 273 g/mol. The van der Waals surface area contributed by atoms with Gasteiger partial charge in [0.15, 0.2) is 0 Å². The summed E-state index contributed by atoms with van der Waals surface area (Å²) in [5.41, 5.74) is 5.51. The van der Waals surface area contributed by atoms with E-state index in [9.17, 15) is 18.3 Å². The van der Waals surface area contributed by atoms with Crippen LogP contribution >= 0.6 is 0 Å². The fourth-order valence-electron chi connectivity index (χ4n) is 2.75. The minimum Gasteiger partial charge on any atom is -0.508 e. The summed E-state index contributed by atoms with van der Waals surface area (Å²) in [5, 5.41) is 9.75. The highest BCUT2D eigenvalue weighted by molar-refractivity contribution is 5.39. The predicted molar refractivity (Wildman–Crippen MR) is 66.6 cm³/mol. The van der Waals surface area contributed by atoms with Crippen LogP contribution in [0.4, 0.5) is 13.2 Å². The second-order valence-corrected chi connectivity index (χ2v) is 5.20. The number of halogens is 3. The van der Waals surface area contributed by atoms with E-state index in [2.05, 4.69) is 0 Å². The molecule has 1 fully saturated rings. The van der Waals surface area contributed by atoms with Crippen molar-refractivity contribution in [2.45, 2.75) is 44.3 Å². The SMILES string of the molecule is N[C@H](c1cc(C(F)(F)F)ccc1O)C1CCCCC1. The quantitative estimate of drug-likeness (QED) is 0.855. The normalized spacial score (nSPS) is 19.4. The molecule has 1 aliphatic carbocycles. The molecule has 1 aliphatic rings. The number of nitrogens with two attached hydrogens (primary N) is 1. The molecule has 1 atom stereocenters. The molecule has 3 N–H and O–H groups in total. The molecule has 0 amide bonds. The van der Waals surface area contributed by atoms with Gasteiger partial charge in [0, 0.05) is 11.6 Å². The smallest absolute Gasteiger partial charge is 0.416 e. The zero-order chi connectivity index (χ0) is 14.0. The van der Waals surface area contributed by atoms with Gasteiger partial charge in [-0.25, -0.2) is 0 Å². The van der Waals surface area contributed by atoms with Gasteiger partial charge in [0.05, 0.1) is 5.56 Å². The van der Waals surface area contributed by atoms with Crippen molar-refractivity contribution < 1.29 is 18.3 Å². The summed E-state index contributed by atoms with van der Waals surface area (Å²) < 4.78 is 38.0. The molecular formula is C14H18F3NO. The summed E-state index contributed by atoms with van der Waals surface area (Å²) in [5.74, 6) is 0.00853. The van der Waals surface area contributed by atoms with Crippen molar-refractivity contribution in [3.05, 3.63) is 29.3 Å². The van der Waals surface area contributed by atoms with E-state index >= 15 is 0 Å². The van der Waals surface area contributed by atoms with E-state index in [1.54, 1.807) is 0 Å². The Hall–Kier alpha value is -1.23. The van der Waals surface area contributed by atoms with E-state index in [4.69, 9.17) is 5.73 Å². The number of rotatable bonds is 2. The maximum absolute atomic E-state index is 12.7. The largest absolute Gasteiger partial charge is 0.508 e. The molecule has 2 nitrogen and oxygen atoms in total. The van der Waals surface area contributed by atoms with Gasteiger partial charge in [-0.2, -0.15) is 13.2 Å². The minimum atomic E-state index is -4.41. The molecule has 0 radical (unpaired) electrons. The van der Waals surface area contributed by atoms with E-state index in [1.165, 1.54) is 0 Å². The van der Waals surface area contributed by atoms with Crippen LogP contribution in [0.3, 0.4) is 0 Å². The van der Waals surface area contributed by atoms with E-state index < -0.39 is 17.8 Å². The van der Waals surface area contributed by atoms with Crippen LogP contribution in [-0.2, 0) is 6.18 Å². The van der Waals surface area contributed by atoms with E-state index in [-0.39, 0.29) is 17.2 Å². The zero-order valence-corrected chi connectivity index (χ0v) is 10.6. The standard InChI is InChI=1S/C14H18F3NO/c15-14(16,17)10-6-7-12(19)11(8-10)13(18)9-4-2-1-3-5-9/h6-9,13,19H,1-5,18H2/t13-/m0/s1. The molecule has 1 saturated carbocycles. The number of aromatic hydroxyl groups is 1. The highest BCUT2D eigenvalue weighted by Gasteiger charge is 2.32. The summed E-state index contributed by atoms with van der Waals surface area (Å²) >= 11 is 0. The van der Waals surface area contributed by atoms with Crippen LogP contribution < -0.4 is 5.73 Å². The molecule has 2 rings (SSSR count). The van der Waals surface area contributed by atoms with Crippen LogP contribution in [-0.4, -0.2) is 5.11 Å². The Morgan fingerprint density at radius 3 is 2.37 bits per heavy atom. The lowest BCUT2D eigenvalue weighted by molar-refractivity contribution is -0.137. The van der Waals surface area contributed by atoms with Gasteiger partial charge in [-0.15, -0.1) is 0 Å². The Kier molecular flexibility index (Phi) is 4.04. The Bertz CT molecular complexity index is 439. The summed E-state index contributed by atoms with van der Waals surface area (Å²) in [6.45, 7) is 0. The lowest BCUT2D eigenvalue weighted by atomic mass is 9.81. The fourth-order valence-corrected chi connectivity index (χ4v) is 2.75. The highest BCUT2D eigenvalue weighted by atomic mass is 19.4. The van der Waals surface area contributed by atoms with Crippen molar-refractivity contribution in [3.63, 3.8) is 0 Å². The number of benzene rings is 1. The van der Waals surface area contributed by atoms with Crippen LogP contribution in [0.15, 0.2) is 18.2 Å². The first kappa shape index (κ1) is 14.2. The summed E-state index contributed by atoms with van der Waals surface area (Å²) in [6, 6.07) is 2.42. The van der Waals surface area contributed by atoms with Crippen LogP contribution in [0.1, 0.15) is 49.3 Å². The third kappa shape index (κ3) is 3.21. The summed E-state index contributed by atoms with van der Waals surface area (Å²) in [7, 11) is 0. The molecule has 1 aromatic carbocycles. The molecular weight excluding hydrogens is 255 g/mol. The maximum Gasteiger partial charge on any atom is 0.416 e. The van der Waals surface area contributed by atoms with Crippen molar-refractivity contribution in [2.75, 3.05) is 0 Å². The number of hydrogen-bond donors (Lipinski definition) is 2. The van der Waals surface area contributed by atoms with Crippen LogP contribution in [0.5, 0.6) is 5.75 Å². The number of phenolic OH excluding ortho intramolecular Hbond substituents is 1. The van der Waals surface area contributed by atoms with Crippen molar-refractivity contribution in [3.8, 4) is 5.75 Å². The van der Waals surface area contributed by atoms with Crippen LogP contribution in [0.25, 0.3) is 0 Å². The maximum atomic E-state index is 12.7. The van der Waals surface area contributed by atoms with Gasteiger partial charge in [0.1, 0.15) is 5.75 Å². The third-order valence-electron chi connectivity index (χ3n) is 3.87. The van der Waals surface area contributed by atoms with Crippen molar-refractivity contribution in [1.82, 2.24) is 0 Å². The molecule has 0 aromatic heterocycles. The average Bonchev–Trinajstić information content (AvgIpc) is 2.38. The second-order valence-electron chi connectivity index (χ2n) is 5.20. The summed E-state index contributed by atoms with van der Waals surface area (Å²) in [4.78, 5) is 0. The Morgan fingerprint density at radius 2 is 1.79 bits per heavy atom. The first-order chi connectivity index (χ1) is 8.89. The van der Waals surface area contributed by atoms with Gasteiger partial charge in [-0.3, -0.25) is 0 Å². The first-order valence-electron chi connectivity index (χ1n) is 6.55. The van der Waals surface area contributed by atoms with Gasteiger partial charge >= 0.3 is 6.18 Å². The fraction of sp³-hybridized carbons (Fsp3) is 0.571. The number of phenols is 1. The molecule has 0 spiro atoms. The Balaban J connectivity index is 2.27. The number of hydrogen-bond acceptors (Lipinski definition) is 2. The van der Waals surface area contributed by atoms with Crippen molar-refractivity contribution in [1.29, 1.82) is 0 Å².